The molecule has 12 heteroatoms. The lowest BCUT2D eigenvalue weighted by Crippen LogP contribution is -2.52. The van der Waals surface area contributed by atoms with Gasteiger partial charge in [-0.05, 0) is 173 Å². The molecule has 4 aromatic carbocycles. The van der Waals surface area contributed by atoms with Crippen LogP contribution in [-0.2, 0) is 6.42 Å². The number of aromatic nitrogens is 3. The minimum Gasteiger partial charge on any atom is -0.478 e. The molecular formula is C53H54Cl2N6O3S. The Balaban J connectivity index is 0.786. The Kier molecular flexibility index (Phi) is 11.9. The van der Waals surface area contributed by atoms with Crippen LogP contribution in [0.25, 0.3) is 16.1 Å². The molecule has 2 N–H and O–H groups in total. The van der Waals surface area contributed by atoms with Crippen LogP contribution in [0.1, 0.15) is 129 Å². The van der Waals surface area contributed by atoms with Gasteiger partial charge in [-0.1, -0.05) is 71.7 Å². The zero-order valence-corrected chi connectivity index (χ0v) is 39.7. The molecular weight excluding hydrogens is 872 g/mol. The number of halogens is 2. The van der Waals surface area contributed by atoms with Crippen molar-refractivity contribution in [2.24, 2.45) is 4.99 Å². The highest BCUT2D eigenvalue weighted by atomic mass is 35.5. The number of piperidine rings is 2. The normalized spacial score (nSPS) is 19.0. The molecule has 0 radical (unpaired) electrons. The number of anilines is 1. The van der Waals surface area contributed by atoms with Crippen LogP contribution in [0, 0.1) is 20.8 Å². The average Bonchev–Trinajstić information content (AvgIpc) is 3.70. The van der Waals surface area contributed by atoms with Crippen molar-refractivity contribution in [3.05, 3.63) is 162 Å². The zero-order chi connectivity index (χ0) is 45.1. The summed E-state index contributed by atoms with van der Waals surface area (Å²) in [5.41, 5.74) is 13.0. The molecule has 0 saturated carbocycles. The van der Waals surface area contributed by atoms with Crippen LogP contribution in [0.2, 0.25) is 10.0 Å². The van der Waals surface area contributed by atoms with Crippen molar-refractivity contribution in [2.75, 3.05) is 37.6 Å². The summed E-state index contributed by atoms with van der Waals surface area (Å²) in [4.78, 5) is 23.3. The molecule has 9 nitrogen and oxygen atoms in total. The molecule has 10 rings (SSSR count). The number of rotatable bonds is 8. The molecule has 0 spiro atoms. The summed E-state index contributed by atoms with van der Waals surface area (Å²) >= 11 is 14.9. The summed E-state index contributed by atoms with van der Waals surface area (Å²) in [6.45, 7) is 12.7. The van der Waals surface area contributed by atoms with Gasteiger partial charge in [-0.15, -0.1) is 21.5 Å². The van der Waals surface area contributed by atoms with E-state index in [2.05, 4.69) is 93.9 Å². The summed E-state index contributed by atoms with van der Waals surface area (Å²) < 4.78 is 2.18. The lowest BCUT2D eigenvalue weighted by Gasteiger charge is -2.43. The second-order valence-corrected chi connectivity index (χ2v) is 20.5. The number of carboxylic acid groups (broad SMARTS) is 1. The standard InChI is InChI=1S/C53H54Cl2N6O3S/c1-31-33(3)65-51-47(31)49(56-32(2)50-58-57-34(4)61(50)51)38-12-16-42(17-13-38)60-26-22-53(64,23-27-60)30-59-24-20-36(21-25-59)35-8-10-37(11-9-35)48-43-18-14-40(52(62)63)28-39(43)6-5-7-45(48)44-19-15-41(54)29-46(44)55/h8-19,28-29,32,36,64H,5-7,20-27,30H2,1-4H3,(H,62,63)/t32-/m0/s1. The van der Waals surface area contributed by atoms with Crippen LogP contribution in [0.5, 0.6) is 0 Å². The molecule has 1 aliphatic carbocycles. The number of allylic oxidation sites excluding steroid dienone is 1. The van der Waals surface area contributed by atoms with Crippen LogP contribution in [0.15, 0.2) is 89.9 Å². The smallest absolute Gasteiger partial charge is 0.335 e. The minimum absolute atomic E-state index is 0.119. The molecule has 0 unspecified atom stereocenters. The Labute approximate surface area is 395 Å². The summed E-state index contributed by atoms with van der Waals surface area (Å²) in [6, 6.07) is 28.9. The van der Waals surface area contributed by atoms with Gasteiger partial charge in [0.1, 0.15) is 16.9 Å². The number of aryl methyl sites for hydroxylation is 3. The van der Waals surface area contributed by atoms with Crippen LogP contribution >= 0.6 is 34.5 Å². The molecule has 334 valence electrons. The number of fused-ring (bicyclic) bond motifs is 4. The number of aromatic carboxylic acids is 1. The van der Waals surface area contributed by atoms with E-state index in [4.69, 9.17) is 28.2 Å². The summed E-state index contributed by atoms with van der Waals surface area (Å²) in [6.07, 6.45) is 6.02. The Morgan fingerprint density at radius 2 is 1.55 bits per heavy atom. The second kappa shape index (κ2) is 17.6. The lowest BCUT2D eigenvalue weighted by atomic mass is 9.84. The van der Waals surface area contributed by atoms with Gasteiger partial charge in [-0.2, -0.15) is 0 Å². The predicted molar refractivity (Wildman–Crippen MR) is 264 cm³/mol. The van der Waals surface area contributed by atoms with Gasteiger partial charge in [-0.25, -0.2) is 4.79 Å². The Morgan fingerprint density at radius 3 is 2.26 bits per heavy atom. The molecule has 0 amide bonds. The molecule has 65 heavy (non-hydrogen) atoms. The first-order valence-corrected chi connectivity index (χ1v) is 24.5. The van der Waals surface area contributed by atoms with Crippen molar-refractivity contribution in [1.82, 2.24) is 19.7 Å². The summed E-state index contributed by atoms with van der Waals surface area (Å²) in [5.74, 6) is 1.28. The van der Waals surface area contributed by atoms with Gasteiger partial charge >= 0.3 is 5.97 Å². The van der Waals surface area contributed by atoms with E-state index in [1.807, 2.05) is 31.2 Å². The van der Waals surface area contributed by atoms with Crippen LogP contribution in [-0.4, -0.2) is 79.9 Å². The maximum atomic E-state index is 11.9. The van der Waals surface area contributed by atoms with Crippen LogP contribution in [0.4, 0.5) is 5.69 Å². The third-order valence-corrected chi connectivity index (χ3v) is 16.1. The molecule has 6 aromatic rings. The fourth-order valence-corrected chi connectivity index (χ4v) is 12.4. The van der Waals surface area contributed by atoms with Gasteiger partial charge in [0.05, 0.1) is 16.9 Å². The van der Waals surface area contributed by atoms with E-state index >= 15 is 0 Å². The number of β-amino-alcohol motifs (C(OH)–C–C–N with tert-alkyl or cyclic N) is 1. The van der Waals surface area contributed by atoms with Gasteiger partial charge in [-0.3, -0.25) is 9.56 Å². The molecule has 5 heterocycles. The molecule has 2 saturated heterocycles. The van der Waals surface area contributed by atoms with Crippen molar-refractivity contribution in [3.63, 3.8) is 0 Å². The second-order valence-electron chi connectivity index (χ2n) is 18.5. The van der Waals surface area contributed by atoms with Gasteiger partial charge in [0.25, 0.3) is 0 Å². The third-order valence-electron chi connectivity index (χ3n) is 14.4. The Hall–Kier alpha value is -5.10. The average molecular weight is 926 g/mol. The van der Waals surface area contributed by atoms with Crippen LogP contribution < -0.4 is 4.90 Å². The molecule has 2 fully saturated rings. The topological polar surface area (TPSA) is 107 Å². The number of hydrogen-bond donors (Lipinski definition) is 2. The van der Waals surface area contributed by atoms with Gasteiger partial charge in [0.15, 0.2) is 5.82 Å². The van der Waals surface area contributed by atoms with E-state index in [0.29, 0.717) is 28.1 Å². The first kappa shape index (κ1) is 43.8. The Bertz CT molecular complexity index is 2870. The van der Waals surface area contributed by atoms with Crippen molar-refractivity contribution in [1.29, 1.82) is 0 Å². The highest BCUT2D eigenvalue weighted by molar-refractivity contribution is 7.15. The van der Waals surface area contributed by atoms with Crippen molar-refractivity contribution < 1.29 is 15.0 Å². The number of carboxylic acids is 1. The number of carbonyl (C=O) groups is 1. The highest BCUT2D eigenvalue weighted by Gasteiger charge is 2.36. The number of thiophene rings is 1. The molecule has 0 bridgehead atoms. The van der Waals surface area contributed by atoms with Crippen molar-refractivity contribution >= 4 is 63.1 Å². The SMILES string of the molecule is Cc1sc2c(c1C)C(c1ccc(N3CCC(O)(CN4CCC(c5ccc(C6=C(c7ccc(Cl)cc7Cl)CCCc7cc(C(=O)O)ccc76)cc5)CC4)CC3)cc1)=N[C@@H](C)c1nnc(C)n1-2. The van der Waals surface area contributed by atoms with E-state index in [1.54, 1.807) is 23.5 Å². The largest absolute Gasteiger partial charge is 0.478 e. The number of hydrogen-bond acceptors (Lipinski definition) is 8. The van der Waals surface area contributed by atoms with E-state index in [1.165, 1.54) is 27.3 Å². The zero-order valence-electron chi connectivity index (χ0n) is 37.4. The van der Waals surface area contributed by atoms with Gasteiger partial charge < -0.3 is 20.0 Å². The maximum absolute atomic E-state index is 11.9. The number of likely N-dealkylation sites (tertiary alicyclic amines) is 1. The lowest BCUT2D eigenvalue weighted by molar-refractivity contribution is -0.0213. The molecule has 1 atom stereocenters. The summed E-state index contributed by atoms with van der Waals surface area (Å²) in [5, 5.41) is 32.9. The molecule has 2 aromatic heterocycles. The minimum atomic E-state index is -0.917. The molecule has 3 aliphatic heterocycles. The van der Waals surface area contributed by atoms with E-state index in [9.17, 15) is 15.0 Å². The fraction of sp³-hybridized carbons (Fsp3) is 0.358. The van der Waals surface area contributed by atoms with Crippen molar-refractivity contribution in [3.8, 4) is 5.00 Å². The first-order chi connectivity index (χ1) is 31.3. The predicted octanol–water partition coefficient (Wildman–Crippen LogP) is 11.7. The van der Waals surface area contributed by atoms with E-state index in [0.717, 1.165) is 132 Å². The van der Waals surface area contributed by atoms with Gasteiger partial charge in [0.2, 0.25) is 0 Å². The van der Waals surface area contributed by atoms with Crippen LogP contribution in [0.3, 0.4) is 0 Å². The number of benzene rings is 4. The fourth-order valence-electron chi connectivity index (χ4n) is 10.7. The number of nitrogens with zero attached hydrogens (tertiary/aromatic N) is 6. The third kappa shape index (κ3) is 8.37. The quantitative estimate of drug-likeness (QED) is 0.157. The maximum Gasteiger partial charge on any atom is 0.335 e. The van der Waals surface area contributed by atoms with Crippen molar-refractivity contribution in [2.45, 2.75) is 90.2 Å². The molecule has 4 aliphatic rings. The van der Waals surface area contributed by atoms with Gasteiger partial charge in [0, 0.05) is 51.4 Å². The number of aliphatic hydroxyl groups is 1. The number of aliphatic imine (C=N–C) groups is 1. The summed E-state index contributed by atoms with van der Waals surface area (Å²) in [7, 11) is 0. The Morgan fingerprint density at radius 1 is 0.846 bits per heavy atom. The first-order valence-electron chi connectivity index (χ1n) is 22.9. The van der Waals surface area contributed by atoms with E-state index in [-0.39, 0.29) is 6.04 Å². The van der Waals surface area contributed by atoms with E-state index < -0.39 is 11.6 Å². The monoisotopic (exact) mass is 924 g/mol. The highest BCUT2D eigenvalue weighted by Crippen LogP contribution is 2.44.